The summed E-state index contributed by atoms with van der Waals surface area (Å²) >= 11 is 0. The van der Waals surface area contributed by atoms with Crippen molar-refractivity contribution in [2.24, 2.45) is 0 Å². The highest BCUT2D eigenvalue weighted by Crippen LogP contribution is 2.35. The van der Waals surface area contributed by atoms with Gasteiger partial charge in [0.05, 0.1) is 0 Å². The fourth-order valence-electron chi connectivity index (χ4n) is 3.56. The Morgan fingerprint density at radius 3 is 2.42 bits per heavy atom. The number of fused-ring (bicyclic) bond motifs is 1. The van der Waals surface area contributed by atoms with Crippen molar-refractivity contribution in [1.82, 2.24) is 0 Å². The van der Waals surface area contributed by atoms with Crippen LogP contribution in [0.1, 0.15) is 28.4 Å². The lowest BCUT2D eigenvalue weighted by atomic mass is 10.1. The third kappa shape index (κ3) is 3.33. The van der Waals surface area contributed by atoms with E-state index in [0.717, 1.165) is 18.7 Å². The molecule has 0 saturated carbocycles. The molecular weight excluding hydrogens is 320 g/mol. The highest BCUT2D eigenvalue weighted by Gasteiger charge is 2.26. The van der Waals surface area contributed by atoms with Crippen LogP contribution in [0.3, 0.4) is 0 Å². The van der Waals surface area contributed by atoms with Gasteiger partial charge in [-0.15, -0.1) is 0 Å². The van der Waals surface area contributed by atoms with E-state index in [0.29, 0.717) is 11.6 Å². The number of hydrogen-bond donors (Lipinski definition) is 1. The number of rotatable bonds is 4. The Bertz CT molecular complexity index is 906. The fourth-order valence-corrected chi connectivity index (χ4v) is 3.56. The first kappa shape index (κ1) is 16.4. The van der Waals surface area contributed by atoms with Crippen LogP contribution in [0.5, 0.6) is 0 Å². The summed E-state index contributed by atoms with van der Waals surface area (Å²) in [5.41, 5.74) is 5.36. The fraction of sp³-hybridized carbons (Fsp3) is 0.174. The van der Waals surface area contributed by atoms with E-state index >= 15 is 0 Å². The van der Waals surface area contributed by atoms with Crippen LogP contribution in [-0.4, -0.2) is 11.9 Å². The van der Waals surface area contributed by atoms with Gasteiger partial charge in [0, 0.05) is 29.5 Å². The summed E-state index contributed by atoms with van der Waals surface area (Å²) < 4.78 is 0. The highest BCUT2D eigenvalue weighted by atomic mass is 16.1. The first-order valence-corrected chi connectivity index (χ1v) is 9.00. The summed E-state index contributed by atoms with van der Waals surface area (Å²) in [5.74, 6) is -0.0776. The minimum atomic E-state index is -0.0776. The molecule has 0 saturated heterocycles. The molecule has 1 heterocycles. The average Bonchev–Trinajstić information content (AvgIpc) is 2.98. The van der Waals surface area contributed by atoms with E-state index in [1.165, 1.54) is 16.8 Å². The molecule has 130 valence electrons. The lowest BCUT2D eigenvalue weighted by molar-refractivity contribution is 0.102. The average molecular weight is 342 g/mol. The molecule has 1 aliphatic rings. The largest absolute Gasteiger partial charge is 0.364 e. The van der Waals surface area contributed by atoms with Gasteiger partial charge in [-0.25, -0.2) is 0 Å². The van der Waals surface area contributed by atoms with E-state index in [9.17, 15) is 4.79 Å². The Morgan fingerprint density at radius 2 is 1.69 bits per heavy atom. The second-order valence-electron chi connectivity index (χ2n) is 6.83. The van der Waals surface area contributed by atoms with Crippen LogP contribution >= 0.6 is 0 Å². The standard InChI is InChI=1S/C23H22N2O/c1-17-14-20-12-13-21(24-23(26)19-10-6-3-7-11-19)15-22(20)25(17)16-18-8-4-2-5-9-18/h2-13,15,17H,14,16H2,1H3,(H,24,26). The highest BCUT2D eigenvalue weighted by molar-refractivity contribution is 6.04. The van der Waals surface area contributed by atoms with Crippen molar-refractivity contribution in [1.29, 1.82) is 0 Å². The van der Waals surface area contributed by atoms with Crippen molar-refractivity contribution in [3.63, 3.8) is 0 Å². The predicted octanol–water partition coefficient (Wildman–Crippen LogP) is 4.89. The number of nitrogens with zero attached hydrogens (tertiary/aromatic N) is 1. The van der Waals surface area contributed by atoms with Crippen molar-refractivity contribution in [2.75, 3.05) is 10.2 Å². The molecule has 0 radical (unpaired) electrons. The summed E-state index contributed by atoms with van der Waals surface area (Å²) in [6.07, 6.45) is 1.04. The van der Waals surface area contributed by atoms with Gasteiger partial charge in [0.25, 0.3) is 5.91 Å². The number of nitrogens with one attached hydrogen (secondary N) is 1. The number of carbonyl (C=O) groups is 1. The number of amides is 1. The zero-order valence-electron chi connectivity index (χ0n) is 14.9. The van der Waals surface area contributed by atoms with Crippen molar-refractivity contribution >= 4 is 17.3 Å². The Morgan fingerprint density at radius 1 is 1.00 bits per heavy atom. The molecule has 3 aromatic rings. The molecule has 1 unspecified atom stereocenters. The van der Waals surface area contributed by atoms with Crippen molar-refractivity contribution in [3.05, 3.63) is 95.6 Å². The lowest BCUT2D eigenvalue weighted by Gasteiger charge is -2.25. The number of hydrogen-bond acceptors (Lipinski definition) is 2. The van der Waals surface area contributed by atoms with E-state index in [4.69, 9.17) is 0 Å². The predicted molar refractivity (Wildman–Crippen MR) is 107 cm³/mol. The maximum Gasteiger partial charge on any atom is 0.255 e. The molecule has 0 aliphatic carbocycles. The molecule has 1 atom stereocenters. The molecule has 0 fully saturated rings. The Hall–Kier alpha value is -3.07. The molecule has 1 aliphatic heterocycles. The topological polar surface area (TPSA) is 32.3 Å². The van der Waals surface area contributed by atoms with Crippen LogP contribution in [0.15, 0.2) is 78.9 Å². The van der Waals surface area contributed by atoms with Gasteiger partial charge in [0.15, 0.2) is 0 Å². The van der Waals surface area contributed by atoms with Gasteiger partial charge in [-0.05, 0) is 48.7 Å². The number of anilines is 2. The summed E-state index contributed by atoms with van der Waals surface area (Å²) in [6, 6.07) is 26.5. The smallest absolute Gasteiger partial charge is 0.255 e. The van der Waals surface area contributed by atoms with Gasteiger partial charge in [-0.2, -0.15) is 0 Å². The molecule has 26 heavy (non-hydrogen) atoms. The molecule has 3 aromatic carbocycles. The monoisotopic (exact) mass is 342 g/mol. The van der Waals surface area contributed by atoms with Crippen LogP contribution in [0.25, 0.3) is 0 Å². The SMILES string of the molecule is CC1Cc2ccc(NC(=O)c3ccccc3)cc2N1Cc1ccccc1. The van der Waals surface area contributed by atoms with Crippen LogP contribution in [0, 0.1) is 0 Å². The minimum absolute atomic E-state index is 0.0776. The van der Waals surface area contributed by atoms with Crippen LogP contribution in [0.2, 0.25) is 0 Å². The Balaban J connectivity index is 1.57. The van der Waals surface area contributed by atoms with E-state index in [-0.39, 0.29) is 5.91 Å². The Kier molecular flexibility index (Phi) is 4.44. The molecule has 4 rings (SSSR count). The zero-order valence-corrected chi connectivity index (χ0v) is 14.9. The molecule has 0 bridgehead atoms. The third-order valence-electron chi connectivity index (χ3n) is 4.93. The summed E-state index contributed by atoms with van der Waals surface area (Å²) in [7, 11) is 0. The molecule has 0 spiro atoms. The number of carbonyl (C=O) groups excluding carboxylic acids is 1. The third-order valence-corrected chi connectivity index (χ3v) is 4.93. The summed E-state index contributed by atoms with van der Waals surface area (Å²) in [5, 5.41) is 3.02. The first-order chi connectivity index (χ1) is 12.7. The van der Waals surface area contributed by atoms with Gasteiger partial charge in [-0.1, -0.05) is 54.6 Å². The van der Waals surface area contributed by atoms with Crippen LogP contribution < -0.4 is 10.2 Å². The molecule has 0 aromatic heterocycles. The quantitative estimate of drug-likeness (QED) is 0.732. The van der Waals surface area contributed by atoms with Crippen molar-refractivity contribution in [3.8, 4) is 0 Å². The maximum absolute atomic E-state index is 12.4. The molecular formula is C23H22N2O. The minimum Gasteiger partial charge on any atom is -0.364 e. The van der Waals surface area contributed by atoms with E-state index in [2.05, 4.69) is 53.5 Å². The number of benzene rings is 3. The van der Waals surface area contributed by atoms with Crippen LogP contribution in [-0.2, 0) is 13.0 Å². The van der Waals surface area contributed by atoms with Gasteiger partial charge in [-0.3, -0.25) is 4.79 Å². The molecule has 3 nitrogen and oxygen atoms in total. The van der Waals surface area contributed by atoms with Crippen molar-refractivity contribution < 1.29 is 4.79 Å². The summed E-state index contributed by atoms with van der Waals surface area (Å²) in [6.45, 7) is 3.14. The summed E-state index contributed by atoms with van der Waals surface area (Å²) in [4.78, 5) is 14.8. The van der Waals surface area contributed by atoms with Gasteiger partial charge in [0.2, 0.25) is 0 Å². The maximum atomic E-state index is 12.4. The normalized spacial score (nSPS) is 15.6. The molecule has 1 amide bonds. The van der Waals surface area contributed by atoms with Gasteiger partial charge in [0.1, 0.15) is 0 Å². The lowest BCUT2D eigenvalue weighted by Crippen LogP contribution is -2.28. The first-order valence-electron chi connectivity index (χ1n) is 9.00. The van der Waals surface area contributed by atoms with E-state index < -0.39 is 0 Å². The zero-order chi connectivity index (χ0) is 17.9. The van der Waals surface area contributed by atoms with Gasteiger partial charge < -0.3 is 10.2 Å². The molecule has 1 N–H and O–H groups in total. The van der Waals surface area contributed by atoms with Crippen molar-refractivity contribution in [2.45, 2.75) is 25.9 Å². The second kappa shape index (κ2) is 7.04. The van der Waals surface area contributed by atoms with Crippen LogP contribution in [0.4, 0.5) is 11.4 Å². The van der Waals surface area contributed by atoms with E-state index in [1.54, 1.807) is 0 Å². The molecule has 3 heteroatoms. The second-order valence-corrected chi connectivity index (χ2v) is 6.83. The Labute approximate surface area is 154 Å². The van der Waals surface area contributed by atoms with Gasteiger partial charge >= 0.3 is 0 Å². The van der Waals surface area contributed by atoms with E-state index in [1.807, 2.05) is 42.5 Å².